The van der Waals surface area contributed by atoms with Crippen molar-refractivity contribution in [3.8, 4) is 0 Å². The van der Waals surface area contributed by atoms with Gasteiger partial charge in [-0.1, -0.05) is 0 Å². The first-order chi connectivity index (χ1) is 9.01. The first kappa shape index (κ1) is 13.0. The summed E-state index contributed by atoms with van der Waals surface area (Å²) >= 11 is 0. The molecule has 0 amide bonds. The first-order valence-electron chi connectivity index (χ1n) is 5.80. The summed E-state index contributed by atoms with van der Waals surface area (Å²) in [6, 6.07) is 3.13. The molecular formula is C12H15N5O2. The Morgan fingerprint density at radius 1 is 1.32 bits per heavy atom. The smallest absolute Gasteiger partial charge is 0.331 e. The van der Waals surface area contributed by atoms with Crippen molar-refractivity contribution < 1.29 is 0 Å². The van der Waals surface area contributed by atoms with Crippen molar-refractivity contribution in [2.24, 2.45) is 7.05 Å². The molecule has 0 unspecified atom stereocenters. The molecular weight excluding hydrogens is 246 g/mol. The van der Waals surface area contributed by atoms with Crippen molar-refractivity contribution >= 4 is 5.82 Å². The van der Waals surface area contributed by atoms with Gasteiger partial charge in [0.1, 0.15) is 5.82 Å². The Labute approximate surface area is 109 Å². The molecule has 0 aliphatic heterocycles. The number of nitrogens with zero attached hydrogens (tertiary/aromatic N) is 4. The standard InChI is InChI=1S/C12H15N5O2/c1-8-6-9(13-2)15-10(14-8)7-17-11(18)4-5-16(3)12(17)19/h4-6H,7H2,1-3H3,(H,13,14,15). The molecule has 0 aromatic carbocycles. The third kappa shape index (κ3) is 2.70. The summed E-state index contributed by atoms with van der Waals surface area (Å²) in [4.78, 5) is 32.1. The summed E-state index contributed by atoms with van der Waals surface area (Å²) in [5.41, 5.74) is 0.0259. The van der Waals surface area contributed by atoms with Crippen LogP contribution in [0.4, 0.5) is 5.82 Å². The van der Waals surface area contributed by atoms with Crippen molar-refractivity contribution in [3.05, 3.63) is 50.7 Å². The molecule has 0 saturated carbocycles. The van der Waals surface area contributed by atoms with Gasteiger partial charge in [0, 0.05) is 38.1 Å². The third-order valence-electron chi connectivity index (χ3n) is 2.70. The van der Waals surface area contributed by atoms with E-state index in [1.165, 1.54) is 16.8 Å². The van der Waals surface area contributed by atoms with Gasteiger partial charge in [0.05, 0.1) is 6.54 Å². The fraction of sp³-hybridized carbons (Fsp3) is 0.333. The number of aryl methyl sites for hydroxylation is 2. The van der Waals surface area contributed by atoms with Gasteiger partial charge in [-0.2, -0.15) is 0 Å². The summed E-state index contributed by atoms with van der Waals surface area (Å²) < 4.78 is 2.45. The molecule has 7 heteroatoms. The van der Waals surface area contributed by atoms with Crippen molar-refractivity contribution in [2.75, 3.05) is 12.4 Å². The maximum Gasteiger partial charge on any atom is 0.331 e. The van der Waals surface area contributed by atoms with Crippen LogP contribution in [0.3, 0.4) is 0 Å². The van der Waals surface area contributed by atoms with Crippen LogP contribution in [0.15, 0.2) is 27.9 Å². The number of nitrogens with one attached hydrogen (secondary N) is 1. The molecule has 0 saturated heterocycles. The summed E-state index contributed by atoms with van der Waals surface area (Å²) in [5, 5.41) is 2.91. The van der Waals surface area contributed by atoms with Crippen LogP contribution < -0.4 is 16.6 Å². The second-order valence-electron chi connectivity index (χ2n) is 4.19. The molecule has 2 aromatic rings. The molecule has 0 radical (unpaired) electrons. The molecule has 100 valence electrons. The van der Waals surface area contributed by atoms with E-state index in [1.807, 2.05) is 6.92 Å². The topological polar surface area (TPSA) is 81.8 Å². The van der Waals surface area contributed by atoms with E-state index in [0.717, 1.165) is 10.3 Å². The highest BCUT2D eigenvalue weighted by atomic mass is 16.2. The maximum atomic E-state index is 11.9. The first-order valence-corrected chi connectivity index (χ1v) is 5.80. The lowest BCUT2D eigenvalue weighted by Gasteiger charge is -2.08. The normalized spacial score (nSPS) is 10.5. The summed E-state index contributed by atoms with van der Waals surface area (Å²) in [6.45, 7) is 1.89. The van der Waals surface area contributed by atoms with Gasteiger partial charge in [-0.3, -0.25) is 9.36 Å². The summed E-state index contributed by atoms with van der Waals surface area (Å²) in [5.74, 6) is 1.08. The van der Waals surface area contributed by atoms with Crippen LogP contribution in [0.5, 0.6) is 0 Å². The van der Waals surface area contributed by atoms with Crippen LogP contribution in [-0.4, -0.2) is 26.1 Å². The zero-order valence-electron chi connectivity index (χ0n) is 11.0. The molecule has 2 aromatic heterocycles. The molecule has 2 rings (SSSR count). The Kier molecular flexibility index (Phi) is 3.46. The molecule has 0 spiro atoms. The fourth-order valence-corrected chi connectivity index (χ4v) is 1.73. The van der Waals surface area contributed by atoms with Crippen molar-refractivity contribution in [1.29, 1.82) is 0 Å². The van der Waals surface area contributed by atoms with E-state index >= 15 is 0 Å². The quantitative estimate of drug-likeness (QED) is 0.823. The van der Waals surface area contributed by atoms with Gasteiger partial charge in [-0.25, -0.2) is 14.8 Å². The van der Waals surface area contributed by atoms with Crippen LogP contribution in [0.25, 0.3) is 0 Å². The molecule has 0 aliphatic carbocycles. The lowest BCUT2D eigenvalue weighted by molar-refractivity contribution is 0.619. The molecule has 2 heterocycles. The minimum atomic E-state index is -0.386. The number of hydrogen-bond acceptors (Lipinski definition) is 5. The van der Waals surface area contributed by atoms with Crippen LogP contribution in [0.1, 0.15) is 11.5 Å². The van der Waals surface area contributed by atoms with Crippen molar-refractivity contribution in [2.45, 2.75) is 13.5 Å². The number of rotatable bonds is 3. The Morgan fingerprint density at radius 3 is 2.74 bits per heavy atom. The second kappa shape index (κ2) is 5.05. The average molecular weight is 261 g/mol. The molecule has 0 bridgehead atoms. The molecule has 7 nitrogen and oxygen atoms in total. The lowest BCUT2D eigenvalue weighted by Crippen LogP contribution is -2.38. The fourth-order valence-electron chi connectivity index (χ4n) is 1.73. The van der Waals surface area contributed by atoms with E-state index in [9.17, 15) is 9.59 Å². The predicted molar refractivity (Wildman–Crippen MR) is 71.4 cm³/mol. The number of hydrogen-bond donors (Lipinski definition) is 1. The number of anilines is 1. The molecule has 0 aliphatic rings. The van der Waals surface area contributed by atoms with E-state index in [2.05, 4.69) is 15.3 Å². The summed E-state index contributed by atoms with van der Waals surface area (Å²) in [6.07, 6.45) is 1.44. The zero-order chi connectivity index (χ0) is 14.0. The monoisotopic (exact) mass is 261 g/mol. The van der Waals surface area contributed by atoms with Gasteiger partial charge in [-0.15, -0.1) is 0 Å². The van der Waals surface area contributed by atoms with Gasteiger partial charge in [0.2, 0.25) is 0 Å². The van der Waals surface area contributed by atoms with Gasteiger partial charge in [-0.05, 0) is 6.92 Å². The Hall–Kier alpha value is -2.44. The Morgan fingerprint density at radius 2 is 2.05 bits per heavy atom. The van der Waals surface area contributed by atoms with Crippen LogP contribution in [-0.2, 0) is 13.6 Å². The highest BCUT2D eigenvalue weighted by Crippen LogP contribution is 2.05. The average Bonchev–Trinajstić information content (AvgIpc) is 2.38. The minimum Gasteiger partial charge on any atom is -0.373 e. The number of aromatic nitrogens is 4. The SMILES string of the molecule is CNc1cc(C)nc(Cn2c(=O)ccn(C)c2=O)n1. The van der Waals surface area contributed by atoms with Crippen LogP contribution in [0, 0.1) is 6.92 Å². The maximum absolute atomic E-state index is 11.9. The van der Waals surface area contributed by atoms with Gasteiger partial charge >= 0.3 is 5.69 Å². The van der Waals surface area contributed by atoms with Crippen LogP contribution in [0.2, 0.25) is 0 Å². The van der Waals surface area contributed by atoms with Crippen molar-refractivity contribution in [1.82, 2.24) is 19.1 Å². The zero-order valence-corrected chi connectivity index (χ0v) is 11.0. The Balaban J connectivity index is 2.47. The second-order valence-corrected chi connectivity index (χ2v) is 4.19. The van der Waals surface area contributed by atoms with E-state index in [0.29, 0.717) is 11.6 Å². The Bertz CT molecular complexity index is 717. The van der Waals surface area contributed by atoms with Crippen LogP contribution >= 0.6 is 0 Å². The molecule has 1 N–H and O–H groups in total. The van der Waals surface area contributed by atoms with E-state index in [-0.39, 0.29) is 17.8 Å². The van der Waals surface area contributed by atoms with Crippen molar-refractivity contribution in [3.63, 3.8) is 0 Å². The largest absolute Gasteiger partial charge is 0.373 e. The molecule has 19 heavy (non-hydrogen) atoms. The van der Waals surface area contributed by atoms with E-state index in [1.54, 1.807) is 20.2 Å². The van der Waals surface area contributed by atoms with Gasteiger partial charge in [0.25, 0.3) is 5.56 Å². The van der Waals surface area contributed by atoms with Gasteiger partial charge in [0.15, 0.2) is 5.82 Å². The lowest BCUT2D eigenvalue weighted by atomic mass is 10.4. The van der Waals surface area contributed by atoms with E-state index in [4.69, 9.17) is 0 Å². The summed E-state index contributed by atoms with van der Waals surface area (Å²) in [7, 11) is 3.34. The minimum absolute atomic E-state index is 0.0582. The van der Waals surface area contributed by atoms with E-state index < -0.39 is 0 Å². The predicted octanol–water partition coefficient (Wildman–Crippen LogP) is -0.265. The highest BCUT2D eigenvalue weighted by molar-refractivity contribution is 5.34. The van der Waals surface area contributed by atoms with Gasteiger partial charge < -0.3 is 9.88 Å². The highest BCUT2D eigenvalue weighted by Gasteiger charge is 2.07. The third-order valence-corrected chi connectivity index (χ3v) is 2.70. The molecule has 0 fully saturated rings. The molecule has 0 atom stereocenters.